The molecule has 0 aliphatic heterocycles. The lowest BCUT2D eigenvalue weighted by Crippen LogP contribution is -2.57. The number of hydrogen-bond donors (Lipinski definition) is 2. The Hall–Kier alpha value is -2.02. The summed E-state index contributed by atoms with van der Waals surface area (Å²) in [5.41, 5.74) is 0.435. The third-order valence-corrected chi connectivity index (χ3v) is 7.14. The van der Waals surface area contributed by atoms with Gasteiger partial charge >= 0.3 is 0 Å². The maximum atomic E-state index is 13.0. The van der Waals surface area contributed by atoms with Gasteiger partial charge < -0.3 is 19.5 Å². The highest BCUT2D eigenvalue weighted by atomic mass is 32.1. The molecule has 0 atom stereocenters. The topological polar surface area (TPSA) is 68.8 Å². The fraction of sp³-hybridized carbons (Fsp3) is 0.667. The van der Waals surface area contributed by atoms with Crippen molar-refractivity contribution in [1.82, 2.24) is 10.6 Å². The lowest BCUT2D eigenvalue weighted by atomic mass is 9.54. The molecule has 1 aromatic carbocycles. The predicted octanol–water partition coefficient (Wildman–Crippen LogP) is 4.31. The van der Waals surface area contributed by atoms with E-state index in [9.17, 15) is 4.79 Å². The van der Waals surface area contributed by atoms with E-state index in [1.807, 2.05) is 20.8 Å². The van der Waals surface area contributed by atoms with Crippen LogP contribution in [0.1, 0.15) is 63.2 Å². The minimum absolute atomic E-state index is 0.272. The first-order valence-electron chi connectivity index (χ1n) is 11.7. The van der Waals surface area contributed by atoms with Crippen LogP contribution in [0.25, 0.3) is 0 Å². The van der Waals surface area contributed by atoms with Crippen molar-refractivity contribution in [2.75, 3.05) is 19.8 Å². The van der Waals surface area contributed by atoms with Gasteiger partial charge in [0.05, 0.1) is 19.8 Å². The Morgan fingerprint density at radius 2 is 1.42 bits per heavy atom. The zero-order valence-corrected chi connectivity index (χ0v) is 19.6. The molecule has 6 nitrogen and oxygen atoms in total. The monoisotopic (exact) mass is 446 g/mol. The number of ether oxygens (including phenoxy) is 3. The first kappa shape index (κ1) is 22.2. The van der Waals surface area contributed by atoms with E-state index in [4.69, 9.17) is 26.4 Å². The maximum absolute atomic E-state index is 13.0. The van der Waals surface area contributed by atoms with Crippen LogP contribution in [0, 0.1) is 23.7 Å². The van der Waals surface area contributed by atoms with Crippen LogP contribution in [0.4, 0.5) is 0 Å². The molecule has 1 amide bonds. The van der Waals surface area contributed by atoms with Crippen molar-refractivity contribution in [2.45, 2.75) is 58.9 Å². The summed E-state index contributed by atoms with van der Waals surface area (Å²) in [7, 11) is 0. The van der Waals surface area contributed by atoms with Crippen LogP contribution in [-0.4, -0.2) is 36.9 Å². The number of benzene rings is 1. The van der Waals surface area contributed by atoms with Gasteiger partial charge in [-0.15, -0.1) is 0 Å². The Labute approximate surface area is 190 Å². The normalized spacial score (nSPS) is 28.2. The first-order valence-corrected chi connectivity index (χ1v) is 12.1. The van der Waals surface area contributed by atoms with Crippen molar-refractivity contribution >= 4 is 23.2 Å². The van der Waals surface area contributed by atoms with E-state index < -0.39 is 0 Å². The average Bonchev–Trinajstić information content (AvgIpc) is 2.72. The second-order valence-electron chi connectivity index (χ2n) is 8.98. The summed E-state index contributed by atoms with van der Waals surface area (Å²) in [6, 6.07) is 3.77. The number of rotatable bonds is 8. The fourth-order valence-corrected chi connectivity index (χ4v) is 6.27. The quantitative estimate of drug-likeness (QED) is 0.580. The lowest BCUT2D eigenvalue weighted by Gasteiger charge is -2.54. The Morgan fingerprint density at radius 3 is 1.90 bits per heavy atom. The summed E-state index contributed by atoms with van der Waals surface area (Å²) in [6.45, 7) is 7.09. The van der Waals surface area contributed by atoms with Crippen LogP contribution in [0.3, 0.4) is 0 Å². The summed E-state index contributed by atoms with van der Waals surface area (Å²) in [4.78, 5) is 13.0. The Kier molecular flexibility index (Phi) is 6.89. The lowest BCUT2D eigenvalue weighted by molar-refractivity contribution is -0.00692. The smallest absolute Gasteiger partial charge is 0.257 e. The van der Waals surface area contributed by atoms with Gasteiger partial charge in [0.25, 0.3) is 5.91 Å². The van der Waals surface area contributed by atoms with Crippen molar-refractivity contribution in [3.8, 4) is 17.2 Å². The second-order valence-corrected chi connectivity index (χ2v) is 9.39. The van der Waals surface area contributed by atoms with Gasteiger partial charge in [0.15, 0.2) is 16.6 Å². The van der Waals surface area contributed by atoms with E-state index in [1.165, 1.54) is 32.1 Å². The summed E-state index contributed by atoms with van der Waals surface area (Å²) in [5.74, 6) is 4.43. The third kappa shape index (κ3) is 4.76. The number of hydrogen-bond acceptors (Lipinski definition) is 5. The van der Waals surface area contributed by atoms with E-state index in [0.29, 0.717) is 65.6 Å². The van der Waals surface area contributed by atoms with Crippen LogP contribution < -0.4 is 24.8 Å². The molecule has 1 aromatic rings. The molecule has 5 rings (SSSR count). The Bertz CT molecular complexity index is 773. The highest BCUT2D eigenvalue weighted by molar-refractivity contribution is 7.80. The standard InChI is InChI=1S/C24H34N2O4S/c1-4-28-19-12-18(13-20(29-5-2)22(19)30-6-3)23(27)26-24(31)25-21-16-8-14-7-15(10-16)11-17(21)9-14/h12-17,21H,4-11H2,1-3H3,(H2,25,26,27,31). The molecule has 31 heavy (non-hydrogen) atoms. The minimum atomic E-state index is -0.272. The van der Waals surface area contributed by atoms with E-state index in [-0.39, 0.29) is 5.91 Å². The van der Waals surface area contributed by atoms with Crippen LogP contribution in [0.5, 0.6) is 17.2 Å². The zero-order chi connectivity index (χ0) is 22.0. The second kappa shape index (κ2) is 9.63. The SMILES string of the molecule is CCOc1cc(C(=O)NC(=S)NC2C3CC4CC(C3)CC2C4)cc(OCC)c1OCC. The van der Waals surface area contributed by atoms with Gasteiger partial charge in [-0.25, -0.2) is 0 Å². The molecule has 0 heterocycles. The summed E-state index contributed by atoms with van der Waals surface area (Å²) in [5, 5.41) is 6.77. The van der Waals surface area contributed by atoms with Crippen LogP contribution in [0.2, 0.25) is 0 Å². The largest absolute Gasteiger partial charge is 0.490 e. The molecule has 4 aliphatic rings. The molecule has 0 radical (unpaired) electrons. The maximum Gasteiger partial charge on any atom is 0.257 e. The van der Waals surface area contributed by atoms with Crippen molar-refractivity contribution in [3.05, 3.63) is 17.7 Å². The fourth-order valence-electron chi connectivity index (χ4n) is 6.04. The van der Waals surface area contributed by atoms with Gasteiger partial charge in [0, 0.05) is 11.6 Å². The van der Waals surface area contributed by atoms with Crippen molar-refractivity contribution < 1.29 is 19.0 Å². The molecule has 0 unspecified atom stereocenters. The summed E-state index contributed by atoms with van der Waals surface area (Å²) >= 11 is 5.53. The van der Waals surface area contributed by atoms with E-state index in [2.05, 4.69) is 10.6 Å². The van der Waals surface area contributed by atoms with Crippen LogP contribution >= 0.6 is 12.2 Å². The molecule has 4 fully saturated rings. The number of nitrogens with one attached hydrogen (secondary N) is 2. The molecule has 170 valence electrons. The van der Waals surface area contributed by atoms with Crippen LogP contribution in [0.15, 0.2) is 12.1 Å². The van der Waals surface area contributed by atoms with Gasteiger partial charge in [0.2, 0.25) is 5.75 Å². The number of carbonyl (C=O) groups excluding carboxylic acids is 1. The number of carbonyl (C=O) groups is 1. The van der Waals surface area contributed by atoms with E-state index in [1.54, 1.807) is 12.1 Å². The molecular formula is C24H34N2O4S. The molecule has 4 bridgehead atoms. The van der Waals surface area contributed by atoms with Gasteiger partial charge in [-0.3, -0.25) is 10.1 Å². The Balaban J connectivity index is 1.45. The highest BCUT2D eigenvalue weighted by Gasteiger charge is 2.48. The minimum Gasteiger partial charge on any atom is -0.490 e. The molecule has 0 aromatic heterocycles. The summed E-state index contributed by atoms with van der Waals surface area (Å²) in [6.07, 6.45) is 6.62. The van der Waals surface area contributed by atoms with Gasteiger partial charge in [-0.2, -0.15) is 0 Å². The third-order valence-electron chi connectivity index (χ3n) is 6.92. The molecule has 2 N–H and O–H groups in total. The van der Waals surface area contributed by atoms with Gasteiger partial charge in [-0.05, 0) is 101 Å². The average molecular weight is 447 g/mol. The first-order chi connectivity index (χ1) is 15.0. The van der Waals surface area contributed by atoms with Gasteiger partial charge in [-0.1, -0.05) is 0 Å². The molecule has 0 saturated heterocycles. The predicted molar refractivity (Wildman–Crippen MR) is 124 cm³/mol. The Morgan fingerprint density at radius 1 is 0.903 bits per heavy atom. The molecule has 0 spiro atoms. The summed E-state index contributed by atoms with van der Waals surface area (Å²) < 4.78 is 17.2. The van der Waals surface area contributed by atoms with E-state index in [0.717, 1.165) is 11.8 Å². The van der Waals surface area contributed by atoms with E-state index >= 15 is 0 Å². The molecule has 4 saturated carbocycles. The molecular weight excluding hydrogens is 412 g/mol. The van der Waals surface area contributed by atoms with Crippen molar-refractivity contribution in [1.29, 1.82) is 0 Å². The van der Waals surface area contributed by atoms with Crippen LogP contribution in [-0.2, 0) is 0 Å². The number of thiocarbonyl (C=S) groups is 1. The molecule has 7 heteroatoms. The zero-order valence-electron chi connectivity index (χ0n) is 18.7. The molecule has 4 aliphatic carbocycles. The van der Waals surface area contributed by atoms with Crippen molar-refractivity contribution in [2.24, 2.45) is 23.7 Å². The van der Waals surface area contributed by atoms with Crippen molar-refractivity contribution in [3.63, 3.8) is 0 Å². The highest BCUT2D eigenvalue weighted by Crippen LogP contribution is 2.53. The van der Waals surface area contributed by atoms with Gasteiger partial charge in [0.1, 0.15) is 0 Å². The number of amides is 1.